The minimum Gasteiger partial charge on any atom is -0.486 e. The van der Waals surface area contributed by atoms with Crippen LogP contribution >= 0.6 is 0 Å². The SMILES string of the molecule is CC[C@@H](C)C(=O)N[C@H](C(=O)N1CC[C@@H]2[C@H]1[C@@H](Oc1ccc(C)c(F)c1)CN2C(=O)N(C)C)C(C)(C)C. The molecule has 2 heterocycles. The summed E-state index contributed by atoms with van der Waals surface area (Å²) in [5, 5.41) is 2.99. The van der Waals surface area contributed by atoms with Gasteiger partial charge in [0.15, 0.2) is 0 Å². The van der Waals surface area contributed by atoms with Crippen LogP contribution in [0.1, 0.15) is 53.0 Å². The molecule has 36 heavy (non-hydrogen) atoms. The lowest BCUT2D eigenvalue weighted by Crippen LogP contribution is -2.58. The number of nitrogens with zero attached hydrogens (tertiary/aromatic N) is 3. The number of fused-ring (bicyclic) bond motifs is 1. The van der Waals surface area contributed by atoms with Gasteiger partial charge in [-0.1, -0.05) is 40.7 Å². The maximum Gasteiger partial charge on any atom is 0.319 e. The van der Waals surface area contributed by atoms with Gasteiger partial charge in [-0.3, -0.25) is 9.59 Å². The van der Waals surface area contributed by atoms with Gasteiger partial charge in [0.25, 0.3) is 0 Å². The van der Waals surface area contributed by atoms with E-state index in [1.54, 1.807) is 43.0 Å². The van der Waals surface area contributed by atoms with E-state index in [9.17, 15) is 18.8 Å². The van der Waals surface area contributed by atoms with E-state index >= 15 is 0 Å². The minimum atomic E-state index is -0.728. The molecule has 0 spiro atoms. The molecule has 0 radical (unpaired) electrons. The first-order valence-corrected chi connectivity index (χ1v) is 12.8. The highest BCUT2D eigenvalue weighted by atomic mass is 19.1. The quantitative estimate of drug-likeness (QED) is 0.644. The van der Waals surface area contributed by atoms with Crippen molar-refractivity contribution in [3.8, 4) is 5.75 Å². The fraction of sp³-hybridized carbons (Fsp3) is 0.667. The normalized spacial score (nSPS) is 23.2. The van der Waals surface area contributed by atoms with E-state index in [1.807, 2.05) is 34.6 Å². The van der Waals surface area contributed by atoms with Crippen LogP contribution in [0.3, 0.4) is 0 Å². The highest BCUT2D eigenvalue weighted by Crippen LogP contribution is 2.36. The number of halogens is 1. The van der Waals surface area contributed by atoms with Gasteiger partial charge in [-0.25, -0.2) is 9.18 Å². The summed E-state index contributed by atoms with van der Waals surface area (Å²) in [4.78, 5) is 44.7. The van der Waals surface area contributed by atoms with E-state index in [1.165, 1.54) is 11.0 Å². The number of aryl methyl sites for hydroxylation is 1. The highest BCUT2D eigenvalue weighted by Gasteiger charge is 2.55. The Morgan fingerprint density at radius 3 is 2.44 bits per heavy atom. The molecule has 2 aliphatic heterocycles. The molecule has 0 aliphatic carbocycles. The number of hydrogen-bond donors (Lipinski definition) is 1. The fourth-order valence-corrected chi connectivity index (χ4v) is 4.97. The lowest BCUT2D eigenvalue weighted by molar-refractivity contribution is -0.142. The lowest BCUT2D eigenvalue weighted by Gasteiger charge is -2.37. The molecular formula is C27H41FN4O4. The topological polar surface area (TPSA) is 82.2 Å². The number of nitrogens with one attached hydrogen (secondary N) is 1. The molecule has 0 bridgehead atoms. The number of benzene rings is 1. The molecule has 4 amide bonds. The van der Waals surface area contributed by atoms with Crippen LogP contribution in [0.5, 0.6) is 5.75 Å². The Balaban J connectivity index is 1.93. The van der Waals surface area contributed by atoms with Crippen LogP contribution in [0.2, 0.25) is 0 Å². The van der Waals surface area contributed by atoms with Crippen molar-refractivity contribution in [3.05, 3.63) is 29.6 Å². The first-order chi connectivity index (χ1) is 16.8. The third-order valence-corrected chi connectivity index (χ3v) is 7.38. The summed E-state index contributed by atoms with van der Waals surface area (Å²) in [5.41, 5.74) is -0.00857. The van der Waals surface area contributed by atoms with E-state index in [0.717, 1.165) is 0 Å². The average molecular weight is 505 g/mol. The fourth-order valence-electron chi connectivity index (χ4n) is 4.97. The number of likely N-dealkylation sites (tertiary alicyclic amines) is 2. The minimum absolute atomic E-state index is 0.153. The molecule has 0 unspecified atom stereocenters. The maximum atomic E-state index is 14.2. The number of urea groups is 1. The Labute approximate surface area is 214 Å². The molecule has 200 valence electrons. The van der Waals surface area contributed by atoms with Crippen molar-refractivity contribution in [1.29, 1.82) is 0 Å². The molecule has 1 N–H and O–H groups in total. The van der Waals surface area contributed by atoms with Gasteiger partial charge in [-0.15, -0.1) is 0 Å². The standard InChI is InChI=1S/C27H41FN4O4/c1-9-16(2)24(33)29-23(27(4,5)6)25(34)31-13-12-20-22(31)21(15-32(20)26(35)30(7)8)36-18-11-10-17(3)19(28)14-18/h10-11,14,16,20-23H,9,12-13,15H2,1-8H3,(H,29,33)/t16-,20-,21+,22+,23-/m1/s1. The molecule has 2 fully saturated rings. The summed E-state index contributed by atoms with van der Waals surface area (Å²) in [5.74, 6) is -0.558. The largest absolute Gasteiger partial charge is 0.486 e. The zero-order valence-corrected chi connectivity index (χ0v) is 22.8. The molecule has 8 nitrogen and oxygen atoms in total. The lowest BCUT2D eigenvalue weighted by atomic mass is 9.85. The third-order valence-electron chi connectivity index (χ3n) is 7.38. The number of amides is 4. The Morgan fingerprint density at radius 2 is 1.89 bits per heavy atom. The van der Waals surface area contributed by atoms with Crippen LogP contribution in [0.4, 0.5) is 9.18 Å². The first kappa shape index (κ1) is 27.7. The second-order valence-corrected chi connectivity index (χ2v) is 11.4. The summed E-state index contributed by atoms with van der Waals surface area (Å²) >= 11 is 0. The highest BCUT2D eigenvalue weighted by molar-refractivity contribution is 5.89. The van der Waals surface area contributed by atoms with Crippen LogP contribution in [-0.2, 0) is 9.59 Å². The predicted octanol–water partition coefficient (Wildman–Crippen LogP) is 3.43. The van der Waals surface area contributed by atoms with E-state index in [2.05, 4.69) is 5.32 Å². The zero-order valence-electron chi connectivity index (χ0n) is 22.8. The van der Waals surface area contributed by atoms with Gasteiger partial charge in [-0.2, -0.15) is 0 Å². The van der Waals surface area contributed by atoms with E-state index in [-0.39, 0.29) is 42.2 Å². The molecule has 1 aromatic carbocycles. The maximum absolute atomic E-state index is 14.2. The molecule has 0 saturated carbocycles. The van der Waals surface area contributed by atoms with E-state index in [4.69, 9.17) is 4.74 Å². The number of hydrogen-bond acceptors (Lipinski definition) is 4. The van der Waals surface area contributed by atoms with Crippen molar-refractivity contribution < 1.29 is 23.5 Å². The Kier molecular flexibility index (Phi) is 8.20. The van der Waals surface area contributed by atoms with Crippen LogP contribution in [0.25, 0.3) is 0 Å². The van der Waals surface area contributed by atoms with Gasteiger partial charge in [0, 0.05) is 32.6 Å². The van der Waals surface area contributed by atoms with Crippen LogP contribution < -0.4 is 10.1 Å². The van der Waals surface area contributed by atoms with Crippen molar-refractivity contribution >= 4 is 17.8 Å². The predicted molar refractivity (Wildman–Crippen MR) is 136 cm³/mol. The molecule has 5 atom stereocenters. The summed E-state index contributed by atoms with van der Waals surface area (Å²) in [6.45, 7) is 12.0. The Hall–Kier alpha value is -2.84. The molecule has 2 aliphatic rings. The molecule has 1 aromatic rings. The van der Waals surface area contributed by atoms with Gasteiger partial charge in [0.1, 0.15) is 23.7 Å². The summed E-state index contributed by atoms with van der Waals surface area (Å²) in [6.07, 6.45) is 0.753. The summed E-state index contributed by atoms with van der Waals surface area (Å²) < 4.78 is 20.5. The van der Waals surface area contributed by atoms with Gasteiger partial charge in [0.2, 0.25) is 11.8 Å². The Bertz CT molecular complexity index is 992. The zero-order chi connectivity index (χ0) is 26.9. The van der Waals surface area contributed by atoms with E-state index < -0.39 is 23.6 Å². The molecular weight excluding hydrogens is 463 g/mol. The van der Waals surface area contributed by atoms with Crippen molar-refractivity contribution in [2.75, 3.05) is 27.2 Å². The summed E-state index contributed by atoms with van der Waals surface area (Å²) in [7, 11) is 3.39. The van der Waals surface area contributed by atoms with Crippen LogP contribution in [-0.4, -0.2) is 84.0 Å². The average Bonchev–Trinajstić information content (AvgIpc) is 3.38. The van der Waals surface area contributed by atoms with Crippen molar-refractivity contribution in [1.82, 2.24) is 20.0 Å². The number of carbonyl (C=O) groups excluding carboxylic acids is 3. The van der Waals surface area contributed by atoms with Crippen molar-refractivity contribution in [2.45, 2.75) is 78.6 Å². The molecule has 9 heteroatoms. The smallest absolute Gasteiger partial charge is 0.319 e. The van der Waals surface area contributed by atoms with Crippen molar-refractivity contribution in [3.63, 3.8) is 0 Å². The van der Waals surface area contributed by atoms with Crippen LogP contribution in [0, 0.1) is 24.1 Å². The monoisotopic (exact) mass is 504 g/mol. The third kappa shape index (κ3) is 5.60. The number of ether oxygens (including phenoxy) is 1. The number of rotatable bonds is 6. The second-order valence-electron chi connectivity index (χ2n) is 11.4. The second kappa shape index (κ2) is 10.6. The number of carbonyl (C=O) groups is 3. The van der Waals surface area contributed by atoms with Gasteiger partial charge in [0.05, 0.1) is 18.6 Å². The van der Waals surface area contributed by atoms with Gasteiger partial charge < -0.3 is 24.8 Å². The molecule has 2 saturated heterocycles. The molecule has 3 rings (SSSR count). The van der Waals surface area contributed by atoms with Crippen LogP contribution in [0.15, 0.2) is 18.2 Å². The van der Waals surface area contributed by atoms with E-state index in [0.29, 0.717) is 30.7 Å². The van der Waals surface area contributed by atoms with Crippen molar-refractivity contribution in [2.24, 2.45) is 11.3 Å². The Morgan fingerprint density at radius 1 is 1.22 bits per heavy atom. The molecule has 0 aromatic heterocycles. The van der Waals surface area contributed by atoms with Gasteiger partial charge in [-0.05, 0) is 36.8 Å². The first-order valence-electron chi connectivity index (χ1n) is 12.8. The van der Waals surface area contributed by atoms with Gasteiger partial charge >= 0.3 is 6.03 Å². The summed E-state index contributed by atoms with van der Waals surface area (Å²) in [6, 6.07) is 3.18.